The summed E-state index contributed by atoms with van der Waals surface area (Å²) in [6, 6.07) is 30.4. The number of rotatable bonds is 10. The summed E-state index contributed by atoms with van der Waals surface area (Å²) in [5.41, 5.74) is 1.38. The van der Waals surface area contributed by atoms with Crippen LogP contribution in [0.5, 0.6) is 11.5 Å². The van der Waals surface area contributed by atoms with Gasteiger partial charge in [-0.15, -0.1) is 29.7 Å². The van der Waals surface area contributed by atoms with E-state index in [0.29, 0.717) is 55.5 Å². The minimum atomic E-state index is -2.85. The van der Waals surface area contributed by atoms with Gasteiger partial charge in [-0.3, -0.25) is 4.57 Å². The number of pyridine rings is 1. The van der Waals surface area contributed by atoms with Crippen LogP contribution in [0.4, 0.5) is 0 Å². The molecule has 0 amide bonds. The van der Waals surface area contributed by atoms with E-state index >= 15 is 0 Å². The maximum absolute atomic E-state index is 10.4. The molecule has 13 aromatic rings. The number of aryl methyl sites for hydroxylation is 1. The molecule has 0 aliphatic carbocycles. The van der Waals surface area contributed by atoms with Gasteiger partial charge < -0.3 is 13.9 Å². The maximum atomic E-state index is 10.4. The number of aromatic nitrogens is 4. The zero-order chi connectivity index (χ0) is 72.9. The summed E-state index contributed by atoms with van der Waals surface area (Å²) in [6.07, 6.45) is 4.79. The molecule has 0 fully saturated rings. The van der Waals surface area contributed by atoms with E-state index < -0.39 is 143 Å². The van der Waals surface area contributed by atoms with Gasteiger partial charge in [0.15, 0.2) is 0 Å². The second-order valence-electron chi connectivity index (χ2n) is 21.3. The molecule has 0 aliphatic heterocycles. The topological polar surface area (TPSA) is 35.9 Å². The summed E-state index contributed by atoms with van der Waals surface area (Å²) in [4.78, 5) is 4.70. The van der Waals surface area contributed by atoms with Crippen LogP contribution in [-0.4, -0.2) is 14.1 Å². The smallest absolute Gasteiger partial charge is 0.268 e. The molecule has 0 saturated heterocycles. The summed E-state index contributed by atoms with van der Waals surface area (Å²) in [5.74, 6) is 0.527. The van der Waals surface area contributed by atoms with Gasteiger partial charge in [0.1, 0.15) is 5.82 Å². The van der Waals surface area contributed by atoms with Crippen LogP contribution in [0.15, 0.2) is 236 Å². The predicted octanol–water partition coefficient (Wildman–Crippen LogP) is 18.8. The first kappa shape index (κ1) is 33.6. The summed E-state index contributed by atoms with van der Waals surface area (Å²) >= 11 is 0. The fourth-order valence-electron chi connectivity index (χ4n) is 9.95. The number of fused-ring (bicyclic) bond motifs is 4. The molecule has 0 radical (unpaired) electrons. The van der Waals surface area contributed by atoms with Gasteiger partial charge in [-0.1, -0.05) is 217 Å². The molecule has 3 heterocycles. The number of ether oxygens (including phenoxy) is 1. The molecular formula is C75H60N4OPt-2. The van der Waals surface area contributed by atoms with Crippen LogP contribution in [0.1, 0.15) is 87.0 Å². The van der Waals surface area contributed by atoms with Crippen molar-refractivity contribution < 1.29 is 59.2 Å². The molecule has 3 aromatic heterocycles. The molecule has 13 rings (SSSR count). The standard InChI is InChI=1S/C75H60N4O.Pt/c1-50-39-72(76-48-67(50)53-27-15-10-16-28-53)79-68-34-18-17-33-63(68)64-38-37-62(47-71(64)79)80-61-32-22-31-60(46-61)77-49-78(70-36-20-19-35-69(70)77)73-65(54-29-21-30-58(43-54)74(2,3)4)44-59(75(5,6)7)45-66(73)57-41-55(51-23-11-8-12-24-51)40-56(42-57)52-25-13-9-14-26-52;/h8-45,48H,1-7H3;/q-2;/i1D3,8D,9D,10D,11D,12D,13D,14D,15D,16D,23D,24D,25D,26D,27D,28D,40D,41D,42D;. The Balaban J connectivity index is 0.00000982. The van der Waals surface area contributed by atoms with Crippen molar-refractivity contribution in [2.45, 2.75) is 59.2 Å². The Morgan fingerprint density at radius 1 is 0.519 bits per heavy atom. The molecule has 6 heteroatoms. The third-order valence-electron chi connectivity index (χ3n) is 14.0. The van der Waals surface area contributed by atoms with E-state index in [4.69, 9.17) is 28.9 Å². The Labute approximate surface area is 519 Å². The van der Waals surface area contributed by atoms with Gasteiger partial charge in [0, 0.05) is 54.0 Å². The Kier molecular flexibility index (Phi) is 8.84. The van der Waals surface area contributed by atoms with Crippen LogP contribution in [0.25, 0.3) is 106 Å². The minimum absolute atomic E-state index is 0. The molecule has 0 spiro atoms. The van der Waals surface area contributed by atoms with Crippen molar-refractivity contribution in [1.29, 1.82) is 0 Å². The molecule has 0 saturated carbocycles. The van der Waals surface area contributed by atoms with Crippen molar-refractivity contribution in [3.8, 4) is 84.3 Å². The van der Waals surface area contributed by atoms with E-state index in [1.807, 2.05) is 106 Å². The zero-order valence-electron chi connectivity index (χ0n) is 65.6. The van der Waals surface area contributed by atoms with Crippen molar-refractivity contribution in [2.24, 2.45) is 0 Å². The number of benzene rings is 10. The van der Waals surface area contributed by atoms with Gasteiger partial charge in [0.05, 0.1) is 41.4 Å². The molecule has 5 nitrogen and oxygen atoms in total. The van der Waals surface area contributed by atoms with Crippen molar-refractivity contribution in [1.82, 2.24) is 14.1 Å². The van der Waals surface area contributed by atoms with E-state index in [-0.39, 0.29) is 71.6 Å². The third kappa shape index (κ3) is 10.1. The zero-order valence-corrected chi connectivity index (χ0v) is 46.9. The minimum Gasteiger partial charge on any atom is -0.510 e. The fraction of sp³-hybridized carbons (Fsp3) is 0.120. The van der Waals surface area contributed by atoms with Gasteiger partial charge >= 0.3 is 0 Å². The van der Waals surface area contributed by atoms with Crippen molar-refractivity contribution in [3.63, 3.8) is 0 Å². The first-order chi connectivity index (χ1) is 47.5. The summed E-state index contributed by atoms with van der Waals surface area (Å²) < 4.78 is 200. The largest absolute Gasteiger partial charge is 0.510 e. The number of para-hydroxylation sites is 3. The van der Waals surface area contributed by atoms with Gasteiger partial charge in [-0.05, 0) is 126 Å². The molecule has 398 valence electrons. The van der Waals surface area contributed by atoms with Gasteiger partial charge in [-0.25, -0.2) is 4.98 Å². The van der Waals surface area contributed by atoms with E-state index in [2.05, 4.69) is 39.2 Å². The summed E-state index contributed by atoms with van der Waals surface area (Å²) in [5, 5.41) is 1.45. The van der Waals surface area contributed by atoms with Crippen molar-refractivity contribution >= 4 is 32.8 Å². The average molecular weight is 1250 g/mol. The molecule has 0 unspecified atom stereocenters. The van der Waals surface area contributed by atoms with Crippen LogP contribution >= 0.6 is 0 Å². The monoisotopic (exact) mass is 1250 g/mol. The molecule has 0 bridgehead atoms. The van der Waals surface area contributed by atoms with Crippen molar-refractivity contribution in [2.75, 3.05) is 0 Å². The molecule has 0 atom stereocenters. The fourth-order valence-corrected chi connectivity index (χ4v) is 9.95. The van der Waals surface area contributed by atoms with E-state index in [0.717, 1.165) is 10.9 Å². The molecule has 0 aliphatic rings. The molecule has 0 N–H and O–H groups in total. The van der Waals surface area contributed by atoms with Crippen LogP contribution in [0, 0.1) is 25.3 Å². The summed E-state index contributed by atoms with van der Waals surface area (Å²) in [6.45, 7) is 9.30. The Hall–Kier alpha value is -8.89. The Morgan fingerprint density at radius 3 is 1.80 bits per heavy atom. The second kappa shape index (κ2) is 21.3. The molecular weight excluding hydrogens is 1170 g/mol. The number of imidazole rings is 1. The van der Waals surface area contributed by atoms with E-state index in [9.17, 15) is 9.60 Å². The Bertz CT molecular complexity index is 5530. The Morgan fingerprint density at radius 2 is 1.12 bits per heavy atom. The summed E-state index contributed by atoms with van der Waals surface area (Å²) in [7, 11) is 0. The SMILES string of the molecule is [2H]c1c([2H])c([2H])c(-c2cnc(-n3c4[c-]c(Oc5[c-]c(-n6[c-][n+](-c7c(-c8cccc(C(C)(C)C)c8)cc(C(C)(C)C)cc7-c7c([2H])c(-c8c([2H])c([2H])c([2H])c([2H])c8[2H])c([2H])c(-c8c([2H])c([2H])c([2H])c([2H])c8[2H])c7[2H])c7ccccc76)ccc5)ccc4c4ccccc43)cc2C([2H])([2H])[2H])c([2H])c1[2H].[Pt]. The van der Waals surface area contributed by atoms with Crippen LogP contribution in [-0.2, 0) is 31.9 Å². The molecule has 10 aromatic carbocycles. The first-order valence-electron chi connectivity index (χ1n) is 36.3. The third-order valence-corrected chi connectivity index (χ3v) is 14.0. The van der Waals surface area contributed by atoms with Crippen molar-refractivity contribution in [3.05, 3.63) is 271 Å². The maximum Gasteiger partial charge on any atom is 0.268 e. The number of hydrogen-bond acceptors (Lipinski definition) is 2. The normalized spacial score (nSPS) is 15.6. The van der Waals surface area contributed by atoms with Crippen LogP contribution in [0.2, 0.25) is 0 Å². The first-order valence-corrected chi connectivity index (χ1v) is 25.8. The predicted molar refractivity (Wildman–Crippen MR) is 329 cm³/mol. The van der Waals surface area contributed by atoms with Gasteiger partial charge in [0.25, 0.3) is 6.33 Å². The van der Waals surface area contributed by atoms with Crippen LogP contribution in [0.3, 0.4) is 0 Å². The average Bonchev–Trinajstić information content (AvgIpc) is 0.919. The second-order valence-corrected chi connectivity index (χ2v) is 21.3. The van der Waals surface area contributed by atoms with Gasteiger partial charge in [-0.2, -0.15) is 18.2 Å². The van der Waals surface area contributed by atoms with Gasteiger partial charge in [0.2, 0.25) is 0 Å². The van der Waals surface area contributed by atoms with E-state index in [1.54, 1.807) is 44.0 Å². The molecule has 81 heavy (non-hydrogen) atoms. The van der Waals surface area contributed by atoms with Crippen LogP contribution < -0.4 is 9.30 Å². The number of nitrogens with zero attached hydrogens (tertiary/aromatic N) is 4. The number of hydrogen-bond donors (Lipinski definition) is 0. The quantitative estimate of drug-likeness (QED) is 0.101. The van der Waals surface area contributed by atoms with E-state index in [1.165, 1.54) is 12.3 Å².